The fourth-order valence-electron chi connectivity index (χ4n) is 7.91. The molecule has 0 radical (unpaired) electrons. The molecule has 2 heterocycles. The van der Waals surface area contributed by atoms with Gasteiger partial charge in [-0.25, -0.2) is 36.5 Å². The molecular weight excluding hydrogens is 770 g/mol. The van der Waals surface area contributed by atoms with Gasteiger partial charge in [0, 0.05) is 12.0 Å². The van der Waals surface area contributed by atoms with E-state index in [2.05, 4.69) is 0 Å². The van der Waals surface area contributed by atoms with Crippen molar-refractivity contribution in [3.05, 3.63) is 94.3 Å². The Kier molecular flexibility index (Phi) is 8.57. The van der Waals surface area contributed by atoms with Crippen LogP contribution in [-0.4, -0.2) is 61.8 Å². The van der Waals surface area contributed by atoms with E-state index >= 15 is 8.78 Å². The van der Waals surface area contributed by atoms with E-state index in [1.54, 1.807) is 0 Å². The van der Waals surface area contributed by atoms with Gasteiger partial charge in [-0.05, 0) is 48.6 Å². The first-order valence-corrected chi connectivity index (χ1v) is 16.6. The number of fused-ring (bicyclic) bond motifs is 4. The summed E-state index contributed by atoms with van der Waals surface area (Å²) in [5.74, 6) is -25.1. The molecule has 4 aliphatic rings. The van der Waals surface area contributed by atoms with Crippen LogP contribution < -0.4 is 14.5 Å². The molecule has 11 nitrogen and oxygen atoms in total. The first-order chi connectivity index (χ1) is 25.4. The molecule has 4 amide bonds. The fraction of sp³-hybridized carbons (Fsp3) is 0.250. The van der Waals surface area contributed by atoms with Crippen molar-refractivity contribution >= 4 is 70.3 Å². The highest BCUT2D eigenvalue weighted by molar-refractivity contribution is 6.58. The number of carboxylic acids is 1. The largest absolute Gasteiger partial charge is 0.507 e. The maximum Gasteiger partial charge on any atom is 0.339 e. The molecule has 3 aromatic carbocycles. The maximum absolute atomic E-state index is 15.2. The van der Waals surface area contributed by atoms with Crippen LogP contribution in [0, 0.1) is 52.8 Å². The Balaban J connectivity index is 1.38. The summed E-state index contributed by atoms with van der Waals surface area (Å²) < 4.78 is 78.5. The Morgan fingerprint density at radius 3 is 2.11 bits per heavy atom. The molecule has 2 aliphatic heterocycles. The third-order valence-corrected chi connectivity index (χ3v) is 11.9. The van der Waals surface area contributed by atoms with E-state index in [1.165, 1.54) is 43.5 Å². The lowest BCUT2D eigenvalue weighted by Gasteiger charge is -2.49. The summed E-state index contributed by atoms with van der Waals surface area (Å²) in [6.07, 6.45) is 3.23. The number of hydrogen-bond acceptors (Lipinski definition) is 8. The average molecular weight is 793 g/mol. The topological polar surface area (TPSA) is 162 Å². The first-order valence-electron chi connectivity index (χ1n) is 15.9. The smallest absolute Gasteiger partial charge is 0.339 e. The van der Waals surface area contributed by atoms with Gasteiger partial charge in [-0.15, -0.1) is 23.2 Å². The third kappa shape index (κ3) is 4.88. The number of aromatic hydroxyl groups is 2. The Morgan fingerprint density at radius 2 is 1.50 bits per heavy atom. The molecule has 3 aromatic rings. The van der Waals surface area contributed by atoms with Crippen molar-refractivity contribution in [2.45, 2.75) is 22.6 Å². The third-order valence-electron chi connectivity index (χ3n) is 10.4. The van der Waals surface area contributed by atoms with Crippen molar-refractivity contribution in [3.8, 4) is 17.2 Å². The molecule has 2 aliphatic carbocycles. The molecule has 0 aromatic heterocycles. The summed E-state index contributed by atoms with van der Waals surface area (Å²) in [6, 6.07) is 7.05. The van der Waals surface area contributed by atoms with Crippen molar-refractivity contribution in [1.29, 1.82) is 0 Å². The SMILES string of the molecule is COc1cc(C=CC2C3=CCC4C(=O)N(c5ccc(C(=O)O)c(O)c5)C(=O)C4C3CC3(Cl)C(=O)N(c4c(F)c(F)c(F)c(F)c4F)C(=O)C23Cl)ccc1O. The fourth-order valence-corrected chi connectivity index (χ4v) is 8.81. The lowest BCUT2D eigenvalue weighted by atomic mass is 9.57. The zero-order valence-corrected chi connectivity index (χ0v) is 28.8. The number of amides is 4. The Morgan fingerprint density at radius 1 is 0.852 bits per heavy atom. The number of rotatable bonds is 6. The monoisotopic (exact) mass is 792 g/mol. The highest BCUT2D eigenvalue weighted by Gasteiger charge is 2.76. The molecule has 0 spiro atoms. The summed E-state index contributed by atoms with van der Waals surface area (Å²) in [5, 5.41) is 29.7. The molecule has 7 rings (SSSR count). The number of carbonyl (C=O) groups excluding carboxylic acids is 4. The number of halogens is 7. The van der Waals surface area contributed by atoms with E-state index in [0.29, 0.717) is 5.56 Å². The minimum atomic E-state index is -2.74. The number of phenolic OH excluding ortho intramolecular Hbond substituents is 1. The number of aromatic carboxylic acids is 1. The number of anilines is 2. The molecule has 0 bridgehead atoms. The lowest BCUT2D eigenvalue weighted by Crippen LogP contribution is -2.60. The molecule has 6 atom stereocenters. The molecular formula is C36H23Cl2F5N2O9. The quantitative estimate of drug-likeness (QED) is 0.0699. The van der Waals surface area contributed by atoms with Gasteiger partial charge < -0.3 is 20.1 Å². The number of benzene rings is 3. The van der Waals surface area contributed by atoms with Crippen molar-refractivity contribution in [1.82, 2.24) is 0 Å². The first kappa shape index (κ1) is 36.9. The van der Waals surface area contributed by atoms with Gasteiger partial charge in [-0.2, -0.15) is 0 Å². The number of phenols is 2. The van der Waals surface area contributed by atoms with Gasteiger partial charge in [-0.1, -0.05) is 29.9 Å². The number of nitrogens with zero attached hydrogens (tertiary/aromatic N) is 2. The predicted octanol–water partition coefficient (Wildman–Crippen LogP) is 5.81. The Bertz CT molecular complexity index is 2290. The van der Waals surface area contributed by atoms with Gasteiger partial charge in [-0.3, -0.25) is 19.2 Å². The molecule has 3 fully saturated rings. The van der Waals surface area contributed by atoms with Gasteiger partial charge in [0.25, 0.3) is 11.8 Å². The summed E-state index contributed by atoms with van der Waals surface area (Å²) in [5.41, 5.74) is -2.12. The van der Waals surface area contributed by atoms with E-state index in [4.69, 9.17) is 27.9 Å². The molecule has 3 N–H and O–H groups in total. The van der Waals surface area contributed by atoms with Crippen LogP contribution in [0.25, 0.3) is 6.08 Å². The minimum absolute atomic E-state index is 0.0212. The van der Waals surface area contributed by atoms with Crippen LogP contribution in [0.3, 0.4) is 0 Å². The normalized spacial score (nSPS) is 27.7. The second-order valence-electron chi connectivity index (χ2n) is 13.0. The number of carboxylic acid groups (broad SMARTS) is 1. The Hall–Kier alpha value is -5.48. The maximum atomic E-state index is 15.2. The number of ether oxygens (including phenoxy) is 1. The lowest BCUT2D eigenvalue weighted by molar-refractivity contribution is -0.125. The van der Waals surface area contributed by atoms with Gasteiger partial charge in [0.05, 0.1) is 24.6 Å². The van der Waals surface area contributed by atoms with E-state index in [1.807, 2.05) is 0 Å². The highest BCUT2D eigenvalue weighted by Crippen LogP contribution is 2.64. The van der Waals surface area contributed by atoms with Crippen LogP contribution in [0.2, 0.25) is 0 Å². The minimum Gasteiger partial charge on any atom is -0.507 e. The number of carbonyl (C=O) groups is 5. The zero-order chi connectivity index (χ0) is 39.3. The van der Waals surface area contributed by atoms with Crippen molar-refractivity contribution < 1.29 is 66.0 Å². The summed E-state index contributed by atoms with van der Waals surface area (Å²) >= 11 is 14.1. The number of allylic oxidation sites excluding steroid dienone is 3. The zero-order valence-electron chi connectivity index (χ0n) is 27.3. The second-order valence-corrected chi connectivity index (χ2v) is 14.3. The van der Waals surface area contributed by atoms with Gasteiger partial charge in [0.2, 0.25) is 17.6 Å². The van der Waals surface area contributed by atoms with Gasteiger partial charge >= 0.3 is 5.97 Å². The van der Waals surface area contributed by atoms with Crippen LogP contribution in [0.5, 0.6) is 17.2 Å². The van der Waals surface area contributed by atoms with Crippen LogP contribution in [0.15, 0.2) is 54.1 Å². The van der Waals surface area contributed by atoms with Gasteiger partial charge in [0.15, 0.2) is 44.5 Å². The van der Waals surface area contributed by atoms with Crippen molar-refractivity contribution in [2.24, 2.45) is 23.7 Å². The average Bonchev–Trinajstić information content (AvgIpc) is 3.47. The summed E-state index contributed by atoms with van der Waals surface area (Å²) in [7, 11) is 1.27. The predicted molar refractivity (Wildman–Crippen MR) is 178 cm³/mol. The molecule has 18 heteroatoms. The highest BCUT2D eigenvalue weighted by atomic mass is 35.5. The summed E-state index contributed by atoms with van der Waals surface area (Å²) in [6.45, 7) is 0. The van der Waals surface area contributed by atoms with E-state index < -0.39 is 116 Å². The molecule has 2 saturated heterocycles. The molecule has 280 valence electrons. The second kappa shape index (κ2) is 12.6. The van der Waals surface area contributed by atoms with Crippen molar-refractivity contribution in [2.75, 3.05) is 16.9 Å². The van der Waals surface area contributed by atoms with Crippen molar-refractivity contribution in [3.63, 3.8) is 0 Å². The standard InChI is InChI=1S/C36H23Cl2F5N2O9/c1-54-22-10-13(3-9-20(22)46)2-8-19-15-6-7-17-23(31(49)44(30(17)48)14-4-5-16(32(50)51)21(47)11-14)18(15)12-35(37)33(52)45(34(53)36(19,35)38)29-27(42)25(40)24(39)26(41)28(29)43/h2-6,8-11,17-19,23,46-47H,7,12H2,1H3,(H,50,51). The van der Waals surface area contributed by atoms with Crippen LogP contribution in [0.4, 0.5) is 33.3 Å². The number of imide groups is 2. The van der Waals surface area contributed by atoms with Crippen LogP contribution >= 0.6 is 23.2 Å². The Labute approximate surface area is 310 Å². The van der Waals surface area contributed by atoms with E-state index in [9.17, 15) is 52.5 Å². The van der Waals surface area contributed by atoms with Gasteiger partial charge in [0.1, 0.15) is 17.0 Å². The molecule has 1 saturated carbocycles. The number of hydrogen-bond donors (Lipinski definition) is 3. The molecule has 54 heavy (non-hydrogen) atoms. The van der Waals surface area contributed by atoms with E-state index in [-0.39, 0.29) is 34.1 Å². The van der Waals surface area contributed by atoms with Crippen LogP contribution in [0.1, 0.15) is 28.8 Å². The number of methoxy groups -OCH3 is 1. The van der Waals surface area contributed by atoms with E-state index in [0.717, 1.165) is 23.1 Å². The molecule has 6 unspecified atom stereocenters. The summed E-state index contributed by atoms with van der Waals surface area (Å²) in [4.78, 5) is 63.0. The van der Waals surface area contributed by atoms with Crippen LogP contribution in [-0.2, 0) is 19.2 Å². The number of alkyl halides is 2.